The Morgan fingerprint density at radius 3 is 2.90 bits per heavy atom. The molecule has 1 aromatic carbocycles. The standard InChI is InChI=1S/C12H14BrNO5S/c13-9-6-8-3-5-19-12(8)10(7-9)20(17,18)14-4-1-2-11(15)16/h6-7,14H,1-5H2,(H,15,16). The molecule has 2 N–H and O–H groups in total. The van der Waals surface area contributed by atoms with E-state index in [0.717, 1.165) is 5.56 Å². The van der Waals surface area contributed by atoms with Crippen LogP contribution in [0.15, 0.2) is 21.5 Å². The first-order chi connectivity index (χ1) is 9.40. The molecule has 1 aliphatic heterocycles. The fourth-order valence-corrected chi connectivity index (χ4v) is 3.90. The summed E-state index contributed by atoms with van der Waals surface area (Å²) in [5.41, 5.74) is 0.852. The largest absolute Gasteiger partial charge is 0.492 e. The molecule has 0 aromatic heterocycles. The third-order valence-electron chi connectivity index (χ3n) is 2.86. The lowest BCUT2D eigenvalue weighted by Crippen LogP contribution is -2.25. The molecule has 2 rings (SSSR count). The number of halogens is 1. The van der Waals surface area contributed by atoms with E-state index >= 15 is 0 Å². The van der Waals surface area contributed by atoms with Crippen LogP contribution in [-0.2, 0) is 21.2 Å². The van der Waals surface area contributed by atoms with Gasteiger partial charge in [-0.05, 0) is 18.6 Å². The lowest BCUT2D eigenvalue weighted by Gasteiger charge is -2.11. The number of sulfonamides is 1. The van der Waals surface area contributed by atoms with E-state index in [4.69, 9.17) is 9.84 Å². The Kier molecular flexibility index (Phi) is 4.66. The molecule has 0 atom stereocenters. The van der Waals surface area contributed by atoms with E-state index in [9.17, 15) is 13.2 Å². The van der Waals surface area contributed by atoms with Crippen molar-refractivity contribution in [3.8, 4) is 5.75 Å². The van der Waals surface area contributed by atoms with E-state index in [1.807, 2.05) is 6.07 Å². The molecule has 1 aromatic rings. The zero-order valence-corrected chi connectivity index (χ0v) is 13.0. The Balaban J connectivity index is 2.16. The van der Waals surface area contributed by atoms with Crippen LogP contribution in [0.1, 0.15) is 18.4 Å². The number of fused-ring (bicyclic) bond motifs is 1. The molecular weight excluding hydrogens is 350 g/mol. The van der Waals surface area contributed by atoms with Crippen molar-refractivity contribution in [2.24, 2.45) is 0 Å². The normalized spacial score (nSPS) is 13.8. The molecule has 8 heteroatoms. The first-order valence-electron chi connectivity index (χ1n) is 6.07. The van der Waals surface area contributed by atoms with Gasteiger partial charge in [-0.3, -0.25) is 4.79 Å². The minimum atomic E-state index is -3.70. The van der Waals surface area contributed by atoms with Gasteiger partial charge in [0.1, 0.15) is 10.6 Å². The molecule has 20 heavy (non-hydrogen) atoms. The fraction of sp³-hybridized carbons (Fsp3) is 0.417. The second-order valence-electron chi connectivity index (χ2n) is 4.39. The summed E-state index contributed by atoms with van der Waals surface area (Å²) >= 11 is 3.28. The molecule has 110 valence electrons. The maximum atomic E-state index is 12.2. The van der Waals surface area contributed by atoms with Crippen LogP contribution in [0, 0.1) is 0 Å². The predicted octanol–water partition coefficient (Wildman–Crippen LogP) is 1.53. The van der Waals surface area contributed by atoms with Crippen molar-refractivity contribution in [3.63, 3.8) is 0 Å². The average molecular weight is 364 g/mol. The highest BCUT2D eigenvalue weighted by Gasteiger charge is 2.25. The van der Waals surface area contributed by atoms with Crippen molar-refractivity contribution < 1.29 is 23.1 Å². The summed E-state index contributed by atoms with van der Waals surface area (Å²) in [6.07, 6.45) is 0.845. The van der Waals surface area contributed by atoms with Gasteiger partial charge in [0.05, 0.1) is 6.61 Å². The number of carboxylic acid groups (broad SMARTS) is 1. The molecule has 0 fully saturated rings. The summed E-state index contributed by atoms with van der Waals surface area (Å²) < 4.78 is 32.9. The van der Waals surface area contributed by atoms with Gasteiger partial charge >= 0.3 is 5.97 Å². The van der Waals surface area contributed by atoms with Gasteiger partial charge < -0.3 is 9.84 Å². The maximum absolute atomic E-state index is 12.2. The smallest absolute Gasteiger partial charge is 0.303 e. The van der Waals surface area contributed by atoms with Crippen LogP contribution in [0.5, 0.6) is 5.75 Å². The minimum Gasteiger partial charge on any atom is -0.492 e. The monoisotopic (exact) mass is 363 g/mol. The number of hydrogen-bond donors (Lipinski definition) is 2. The summed E-state index contributed by atoms with van der Waals surface area (Å²) in [7, 11) is -3.70. The van der Waals surface area contributed by atoms with E-state index in [2.05, 4.69) is 20.7 Å². The average Bonchev–Trinajstić information content (AvgIpc) is 2.81. The van der Waals surface area contributed by atoms with Crippen LogP contribution >= 0.6 is 15.9 Å². The number of carboxylic acids is 1. The Morgan fingerprint density at radius 2 is 2.20 bits per heavy atom. The second kappa shape index (κ2) is 6.11. The Hall–Kier alpha value is -1.12. The van der Waals surface area contributed by atoms with Crippen LogP contribution in [0.3, 0.4) is 0 Å². The van der Waals surface area contributed by atoms with Crippen LogP contribution in [0.4, 0.5) is 0 Å². The Labute approximate surface area is 125 Å². The number of ether oxygens (including phenoxy) is 1. The minimum absolute atomic E-state index is 0.0738. The van der Waals surface area contributed by atoms with E-state index in [-0.39, 0.29) is 24.3 Å². The van der Waals surface area contributed by atoms with Crippen molar-refractivity contribution in [1.29, 1.82) is 0 Å². The molecule has 0 amide bonds. The SMILES string of the molecule is O=C(O)CCCNS(=O)(=O)c1cc(Br)cc2c1OCC2. The lowest BCUT2D eigenvalue weighted by molar-refractivity contribution is -0.137. The molecular formula is C12H14BrNO5S. The van der Waals surface area contributed by atoms with Crippen molar-refractivity contribution in [2.75, 3.05) is 13.2 Å². The van der Waals surface area contributed by atoms with Crippen molar-refractivity contribution in [1.82, 2.24) is 4.72 Å². The second-order valence-corrected chi connectivity index (χ2v) is 7.04. The zero-order chi connectivity index (χ0) is 14.8. The molecule has 0 aliphatic carbocycles. The summed E-state index contributed by atoms with van der Waals surface area (Å²) in [5, 5.41) is 8.52. The summed E-state index contributed by atoms with van der Waals surface area (Å²) in [4.78, 5) is 10.5. The predicted molar refractivity (Wildman–Crippen MR) is 75.4 cm³/mol. The van der Waals surface area contributed by atoms with Gasteiger partial charge in [0, 0.05) is 29.4 Å². The van der Waals surface area contributed by atoms with E-state index < -0.39 is 16.0 Å². The van der Waals surface area contributed by atoms with Crippen LogP contribution in [0.25, 0.3) is 0 Å². The third-order valence-corrected chi connectivity index (χ3v) is 4.79. The summed E-state index contributed by atoms with van der Waals surface area (Å²) in [5.74, 6) is -0.560. The van der Waals surface area contributed by atoms with E-state index in [0.29, 0.717) is 23.2 Å². The summed E-state index contributed by atoms with van der Waals surface area (Å²) in [6, 6.07) is 3.33. The highest BCUT2D eigenvalue weighted by atomic mass is 79.9. The van der Waals surface area contributed by atoms with Gasteiger partial charge in [-0.25, -0.2) is 13.1 Å². The van der Waals surface area contributed by atoms with Gasteiger partial charge in [0.25, 0.3) is 0 Å². The molecule has 0 bridgehead atoms. The van der Waals surface area contributed by atoms with E-state index in [1.165, 1.54) is 6.07 Å². The zero-order valence-electron chi connectivity index (χ0n) is 10.6. The van der Waals surface area contributed by atoms with Crippen molar-refractivity contribution in [3.05, 3.63) is 22.2 Å². The van der Waals surface area contributed by atoms with Crippen LogP contribution in [0.2, 0.25) is 0 Å². The fourth-order valence-electron chi connectivity index (χ4n) is 1.96. The molecule has 0 radical (unpaired) electrons. The Morgan fingerprint density at radius 1 is 1.45 bits per heavy atom. The lowest BCUT2D eigenvalue weighted by atomic mass is 10.2. The van der Waals surface area contributed by atoms with Crippen LogP contribution < -0.4 is 9.46 Å². The highest BCUT2D eigenvalue weighted by Crippen LogP contribution is 2.35. The molecule has 6 nitrogen and oxygen atoms in total. The molecule has 1 aliphatic rings. The molecule has 0 spiro atoms. The van der Waals surface area contributed by atoms with Crippen molar-refractivity contribution in [2.45, 2.75) is 24.2 Å². The van der Waals surface area contributed by atoms with E-state index in [1.54, 1.807) is 0 Å². The van der Waals surface area contributed by atoms with Gasteiger partial charge in [0.2, 0.25) is 10.0 Å². The van der Waals surface area contributed by atoms with Gasteiger partial charge in [-0.2, -0.15) is 0 Å². The number of rotatable bonds is 6. The van der Waals surface area contributed by atoms with Crippen LogP contribution in [-0.4, -0.2) is 32.6 Å². The number of benzene rings is 1. The number of aliphatic carboxylic acids is 1. The number of nitrogens with one attached hydrogen (secondary N) is 1. The van der Waals surface area contributed by atoms with Crippen molar-refractivity contribution >= 4 is 31.9 Å². The van der Waals surface area contributed by atoms with Gasteiger partial charge in [0.15, 0.2) is 0 Å². The molecule has 0 saturated carbocycles. The number of carbonyl (C=O) groups is 1. The van der Waals surface area contributed by atoms with Gasteiger partial charge in [-0.15, -0.1) is 0 Å². The summed E-state index contributed by atoms with van der Waals surface area (Å²) in [6.45, 7) is 0.545. The quantitative estimate of drug-likeness (QED) is 0.747. The maximum Gasteiger partial charge on any atom is 0.303 e. The molecule has 0 saturated heterocycles. The first-order valence-corrected chi connectivity index (χ1v) is 8.34. The highest BCUT2D eigenvalue weighted by molar-refractivity contribution is 9.10. The number of hydrogen-bond acceptors (Lipinski definition) is 4. The third kappa shape index (κ3) is 3.50. The topological polar surface area (TPSA) is 92.7 Å². The molecule has 1 heterocycles. The Bertz CT molecular complexity index is 629. The molecule has 0 unspecified atom stereocenters. The van der Waals surface area contributed by atoms with Gasteiger partial charge in [-0.1, -0.05) is 15.9 Å². The first kappa shape index (κ1) is 15.3.